The van der Waals surface area contributed by atoms with Crippen molar-refractivity contribution in [3.63, 3.8) is 0 Å². The molecule has 2 aliphatic rings. The van der Waals surface area contributed by atoms with Crippen LogP contribution in [0, 0.1) is 55.4 Å². The molecule has 236 valence electrons. The fourth-order valence-electron chi connectivity index (χ4n) is 2.94. The quantitative estimate of drug-likeness (QED) is 0.156. The van der Waals surface area contributed by atoms with Crippen LogP contribution in [0.4, 0.5) is 0 Å². The van der Waals surface area contributed by atoms with Gasteiger partial charge in [0.2, 0.25) is 0 Å². The molecule has 41 heavy (non-hydrogen) atoms. The molecule has 0 fully saturated rings. The van der Waals surface area contributed by atoms with E-state index in [9.17, 15) is 0 Å². The molecule has 0 aliphatic carbocycles. The first-order chi connectivity index (χ1) is 19.8. The van der Waals surface area contributed by atoms with E-state index in [0.29, 0.717) is 0 Å². The number of H-pyrrole nitrogens is 2. The predicted octanol–water partition coefficient (Wildman–Crippen LogP) is 11.4. The van der Waals surface area contributed by atoms with Crippen molar-refractivity contribution in [1.82, 2.24) is 19.9 Å². The fraction of sp³-hybridized carbons (Fsp3) is 0.222. The number of hydrogen-bond donors (Lipinski definition) is 2. The molecule has 5 heterocycles. The van der Waals surface area contributed by atoms with Gasteiger partial charge in [0, 0.05) is 43.1 Å². The molecule has 0 radical (unpaired) electrons. The Balaban J connectivity index is -0.000000222. The molecular formula is C36H54N4Pt-8. The predicted molar refractivity (Wildman–Crippen MR) is 187 cm³/mol. The largest absolute Gasteiger partial charge is 0.355 e. The first-order valence-corrected chi connectivity index (χ1v) is 13.5. The minimum absolute atomic E-state index is 0. The van der Waals surface area contributed by atoms with Crippen LogP contribution >= 0.6 is 0 Å². The van der Waals surface area contributed by atoms with Crippen LogP contribution in [0.1, 0.15) is 78.2 Å². The smallest absolute Gasteiger partial charge is 0.0659 e. The molecule has 8 bridgehead atoms. The maximum Gasteiger partial charge on any atom is 0.0659 e. The Morgan fingerprint density at radius 1 is 0.366 bits per heavy atom. The van der Waals surface area contributed by atoms with Crippen molar-refractivity contribution in [2.75, 3.05) is 0 Å². The summed E-state index contributed by atoms with van der Waals surface area (Å²) < 4.78 is 0. The molecule has 0 saturated carbocycles. The zero-order valence-electron chi connectivity index (χ0n) is 26.8. The van der Waals surface area contributed by atoms with Crippen molar-refractivity contribution >= 4 is 46.4 Å². The third-order valence-corrected chi connectivity index (χ3v) is 4.04. The minimum Gasteiger partial charge on any atom is -0.355 e. The second kappa shape index (κ2) is 35.3. The Morgan fingerprint density at radius 3 is 0.854 bits per heavy atom. The third kappa shape index (κ3) is 19.1. The van der Waals surface area contributed by atoms with E-state index in [1.54, 1.807) is 55.4 Å². The SMILES string of the molecule is C1=Cc2cc3ccc(cc4ccc(cc5nc(cc1n2)C=C5)[nH]4)[nH]3.[CH2-]C.[CH2-]C.[CH2-]C.[CH2-]C.[CH2-]C.[CH2-]C.[CH2-]C.[CH2-]C.[Pt]. The number of rotatable bonds is 0. The van der Waals surface area contributed by atoms with Gasteiger partial charge in [-0.05, 0) is 72.8 Å². The Kier molecular flexibility index (Phi) is 41.4. The summed E-state index contributed by atoms with van der Waals surface area (Å²) >= 11 is 0. The van der Waals surface area contributed by atoms with E-state index in [1.807, 2.05) is 42.5 Å². The average molecular weight is 738 g/mol. The van der Waals surface area contributed by atoms with E-state index in [2.05, 4.69) is 106 Å². The number of aromatic amines is 2. The van der Waals surface area contributed by atoms with E-state index < -0.39 is 0 Å². The standard InChI is InChI=1S/C20H14N4.8C2H5.Pt/c1-2-14-10-16-5-6-18(23-16)12-20-8-7-19(24-20)11-17-4-3-15(22-17)9-13(1)21-14;8*1-2;/h1-12,21-22H;8*1H2,2H3;/q;8*-1;. The van der Waals surface area contributed by atoms with Gasteiger partial charge in [0.1, 0.15) is 0 Å². The second-order valence-electron chi connectivity index (χ2n) is 5.91. The molecule has 0 atom stereocenters. The molecule has 3 aromatic rings. The Labute approximate surface area is 268 Å². The number of fused-ring (bicyclic) bond motifs is 8. The van der Waals surface area contributed by atoms with Gasteiger partial charge in [-0.1, -0.05) is 0 Å². The van der Waals surface area contributed by atoms with Gasteiger partial charge in [0.15, 0.2) is 0 Å². The Hall–Kier alpha value is -2.71. The molecule has 0 aromatic carbocycles. The van der Waals surface area contributed by atoms with Crippen LogP contribution in [0.5, 0.6) is 0 Å². The van der Waals surface area contributed by atoms with Crippen molar-refractivity contribution in [2.24, 2.45) is 0 Å². The normalized spacial score (nSPS) is 8.59. The molecule has 5 rings (SSSR count). The number of hydrogen-bond acceptors (Lipinski definition) is 2. The molecule has 0 spiro atoms. The van der Waals surface area contributed by atoms with Crippen LogP contribution in [0.2, 0.25) is 0 Å². The van der Waals surface area contributed by atoms with Gasteiger partial charge in [-0.2, -0.15) is 55.4 Å². The first kappa shape index (κ1) is 48.0. The van der Waals surface area contributed by atoms with Crippen LogP contribution in [-0.4, -0.2) is 19.9 Å². The third-order valence-electron chi connectivity index (χ3n) is 4.04. The van der Waals surface area contributed by atoms with Crippen molar-refractivity contribution in [3.8, 4) is 0 Å². The van der Waals surface area contributed by atoms with Crippen LogP contribution in [0.25, 0.3) is 46.4 Å². The fourth-order valence-corrected chi connectivity index (χ4v) is 2.94. The summed E-state index contributed by atoms with van der Waals surface area (Å²) in [5, 5.41) is 0. The van der Waals surface area contributed by atoms with E-state index in [4.69, 9.17) is 0 Å². The topological polar surface area (TPSA) is 57.4 Å². The molecule has 2 aliphatic heterocycles. The first-order valence-electron chi connectivity index (χ1n) is 13.5. The molecule has 5 heteroatoms. The van der Waals surface area contributed by atoms with Crippen LogP contribution < -0.4 is 0 Å². The molecule has 4 nitrogen and oxygen atoms in total. The zero-order valence-corrected chi connectivity index (χ0v) is 29.1. The van der Waals surface area contributed by atoms with E-state index in [1.165, 1.54) is 0 Å². The van der Waals surface area contributed by atoms with Crippen LogP contribution in [0.3, 0.4) is 0 Å². The van der Waals surface area contributed by atoms with Crippen molar-refractivity contribution in [3.05, 3.63) is 127 Å². The van der Waals surface area contributed by atoms with E-state index >= 15 is 0 Å². The number of nitrogens with one attached hydrogen (secondary N) is 2. The van der Waals surface area contributed by atoms with Crippen LogP contribution in [0.15, 0.2) is 48.5 Å². The number of aromatic nitrogens is 4. The van der Waals surface area contributed by atoms with Crippen molar-refractivity contribution < 1.29 is 21.1 Å². The van der Waals surface area contributed by atoms with Gasteiger partial charge in [-0.25, -0.2) is 9.97 Å². The summed E-state index contributed by atoms with van der Waals surface area (Å²) in [7, 11) is 0. The van der Waals surface area contributed by atoms with Gasteiger partial charge in [0.05, 0.1) is 22.8 Å². The van der Waals surface area contributed by atoms with Crippen molar-refractivity contribution in [1.29, 1.82) is 0 Å². The van der Waals surface area contributed by atoms with Gasteiger partial charge in [-0.3, -0.25) is 0 Å². The second-order valence-corrected chi connectivity index (χ2v) is 5.91. The summed E-state index contributed by atoms with van der Waals surface area (Å²) in [6, 6.07) is 16.4. The number of nitrogens with zero attached hydrogens (tertiary/aromatic N) is 2. The molecule has 0 unspecified atom stereocenters. The van der Waals surface area contributed by atoms with E-state index in [0.717, 1.165) is 44.8 Å². The molecule has 0 saturated heterocycles. The average Bonchev–Trinajstić information content (AvgIpc) is 3.88. The maximum absolute atomic E-state index is 4.62. The Morgan fingerprint density at radius 2 is 0.585 bits per heavy atom. The summed E-state index contributed by atoms with van der Waals surface area (Å²) in [6.07, 6.45) is 8.05. The van der Waals surface area contributed by atoms with Gasteiger partial charge in [-0.15, -0.1) is 0 Å². The van der Waals surface area contributed by atoms with Gasteiger partial charge >= 0.3 is 0 Å². The zero-order chi connectivity index (χ0) is 31.9. The maximum atomic E-state index is 4.62. The summed E-state index contributed by atoms with van der Waals surface area (Å²) in [5.74, 6) is 0. The molecule has 0 amide bonds. The molecule has 2 N–H and O–H groups in total. The molecular weight excluding hydrogens is 684 g/mol. The summed E-state index contributed by atoms with van der Waals surface area (Å²) in [6.45, 7) is 40.0. The van der Waals surface area contributed by atoms with Gasteiger partial charge in [0.25, 0.3) is 0 Å². The molecule has 3 aromatic heterocycles. The van der Waals surface area contributed by atoms with Gasteiger partial charge < -0.3 is 65.4 Å². The monoisotopic (exact) mass is 737 g/mol. The van der Waals surface area contributed by atoms with E-state index in [-0.39, 0.29) is 21.1 Å². The summed E-state index contributed by atoms with van der Waals surface area (Å²) in [4.78, 5) is 16.0. The van der Waals surface area contributed by atoms with Crippen LogP contribution in [-0.2, 0) is 21.1 Å². The van der Waals surface area contributed by atoms with Crippen molar-refractivity contribution in [2.45, 2.75) is 55.4 Å². The summed E-state index contributed by atoms with van der Waals surface area (Å²) in [5.41, 5.74) is 7.86. The minimum atomic E-state index is 0. The Bertz CT molecular complexity index is 1080.